The molecule has 0 aliphatic heterocycles. The molecule has 0 aliphatic rings. The maximum atomic E-state index is 13.6. The van der Waals surface area contributed by atoms with E-state index in [9.17, 15) is 18.4 Å². The molecule has 8 heteroatoms. The van der Waals surface area contributed by atoms with E-state index in [1.807, 2.05) is 25.1 Å². The molecular formula is C20H16F2N4O2. The van der Waals surface area contributed by atoms with E-state index < -0.39 is 17.5 Å². The lowest BCUT2D eigenvalue weighted by atomic mass is 10.2. The summed E-state index contributed by atoms with van der Waals surface area (Å²) in [4.78, 5) is 32.2. The third-order valence-electron chi connectivity index (χ3n) is 4.53. The normalized spacial score (nSPS) is 11.2. The van der Waals surface area contributed by atoms with Crippen LogP contribution in [0, 0.1) is 18.6 Å². The second-order valence-electron chi connectivity index (χ2n) is 6.59. The summed E-state index contributed by atoms with van der Waals surface area (Å²) < 4.78 is 27.7. The minimum absolute atomic E-state index is 0.110. The monoisotopic (exact) mass is 382 g/mol. The highest BCUT2D eigenvalue weighted by atomic mass is 19.1. The molecule has 4 rings (SSSR count). The van der Waals surface area contributed by atoms with E-state index in [4.69, 9.17) is 0 Å². The summed E-state index contributed by atoms with van der Waals surface area (Å²) in [5, 5.41) is 3.36. The zero-order valence-corrected chi connectivity index (χ0v) is 14.9. The van der Waals surface area contributed by atoms with Gasteiger partial charge in [0, 0.05) is 29.1 Å². The van der Waals surface area contributed by atoms with E-state index in [2.05, 4.69) is 15.3 Å². The molecule has 4 aromatic rings. The zero-order valence-electron chi connectivity index (χ0n) is 14.9. The molecule has 142 valence electrons. The van der Waals surface area contributed by atoms with Crippen LogP contribution in [0.25, 0.3) is 21.9 Å². The summed E-state index contributed by atoms with van der Waals surface area (Å²) in [7, 11) is 0. The average Bonchev–Trinajstić information content (AvgIpc) is 3.02. The number of carbonyl (C=O) groups is 1. The first kappa shape index (κ1) is 17.8. The highest BCUT2D eigenvalue weighted by molar-refractivity contribution is 6.04. The SMILES string of the molecule is Cc1ccc2[nH]c3c(=O)n(CC(=O)NCc4ccc(F)cc4F)cnc3c2c1. The van der Waals surface area contributed by atoms with Gasteiger partial charge >= 0.3 is 0 Å². The molecule has 0 bridgehead atoms. The van der Waals surface area contributed by atoms with Gasteiger partial charge in [0.25, 0.3) is 5.56 Å². The number of aryl methyl sites for hydroxylation is 1. The van der Waals surface area contributed by atoms with Crippen LogP contribution in [0.2, 0.25) is 0 Å². The Morgan fingerprint density at radius 2 is 2.04 bits per heavy atom. The highest BCUT2D eigenvalue weighted by Gasteiger charge is 2.13. The molecule has 2 N–H and O–H groups in total. The number of fused-ring (bicyclic) bond motifs is 3. The molecule has 2 heterocycles. The molecule has 0 atom stereocenters. The number of aromatic amines is 1. The van der Waals surface area contributed by atoms with Gasteiger partial charge in [-0.15, -0.1) is 0 Å². The lowest BCUT2D eigenvalue weighted by Crippen LogP contribution is -2.32. The molecule has 28 heavy (non-hydrogen) atoms. The van der Waals surface area contributed by atoms with Gasteiger partial charge in [0.1, 0.15) is 29.2 Å². The number of halogens is 2. The van der Waals surface area contributed by atoms with Crippen LogP contribution in [0.5, 0.6) is 0 Å². The van der Waals surface area contributed by atoms with Gasteiger partial charge in [0.2, 0.25) is 5.91 Å². The summed E-state index contributed by atoms with van der Waals surface area (Å²) in [5.41, 5.74) is 2.49. The Morgan fingerprint density at radius 1 is 1.21 bits per heavy atom. The van der Waals surface area contributed by atoms with Crippen molar-refractivity contribution in [2.24, 2.45) is 0 Å². The van der Waals surface area contributed by atoms with Crippen molar-refractivity contribution in [2.75, 3.05) is 0 Å². The lowest BCUT2D eigenvalue weighted by molar-refractivity contribution is -0.121. The minimum atomic E-state index is -0.742. The van der Waals surface area contributed by atoms with E-state index in [1.54, 1.807) is 0 Å². The number of aromatic nitrogens is 3. The van der Waals surface area contributed by atoms with Gasteiger partial charge in [-0.2, -0.15) is 0 Å². The van der Waals surface area contributed by atoms with Gasteiger partial charge in [-0.05, 0) is 25.1 Å². The van der Waals surface area contributed by atoms with Crippen molar-refractivity contribution < 1.29 is 13.6 Å². The van der Waals surface area contributed by atoms with Crippen LogP contribution < -0.4 is 10.9 Å². The van der Waals surface area contributed by atoms with Gasteiger partial charge in [-0.3, -0.25) is 14.2 Å². The molecule has 0 fully saturated rings. The molecule has 0 radical (unpaired) electrons. The minimum Gasteiger partial charge on any atom is -0.350 e. The number of rotatable bonds is 4. The van der Waals surface area contributed by atoms with Crippen LogP contribution in [0.3, 0.4) is 0 Å². The molecule has 2 aromatic heterocycles. The highest BCUT2D eigenvalue weighted by Crippen LogP contribution is 2.22. The van der Waals surface area contributed by atoms with Crippen LogP contribution in [-0.4, -0.2) is 20.4 Å². The van der Waals surface area contributed by atoms with Crippen LogP contribution in [-0.2, 0) is 17.9 Å². The Morgan fingerprint density at radius 3 is 2.82 bits per heavy atom. The molecule has 0 unspecified atom stereocenters. The largest absolute Gasteiger partial charge is 0.350 e. The predicted octanol–water partition coefficient (Wildman–Crippen LogP) is 2.78. The van der Waals surface area contributed by atoms with Crippen molar-refractivity contribution in [1.29, 1.82) is 0 Å². The topological polar surface area (TPSA) is 79.8 Å². The smallest absolute Gasteiger partial charge is 0.278 e. The molecule has 6 nitrogen and oxygen atoms in total. The molecule has 0 saturated carbocycles. The Labute approximate surface area is 157 Å². The number of H-pyrrole nitrogens is 1. The first-order valence-corrected chi connectivity index (χ1v) is 8.60. The quantitative estimate of drug-likeness (QED) is 0.570. The van der Waals surface area contributed by atoms with Crippen LogP contribution in [0.1, 0.15) is 11.1 Å². The number of hydrogen-bond acceptors (Lipinski definition) is 3. The van der Waals surface area contributed by atoms with Gasteiger partial charge in [0.15, 0.2) is 0 Å². The first-order chi connectivity index (χ1) is 13.4. The Hall–Kier alpha value is -3.55. The van der Waals surface area contributed by atoms with Crippen molar-refractivity contribution >= 4 is 27.8 Å². The maximum Gasteiger partial charge on any atom is 0.278 e. The first-order valence-electron chi connectivity index (χ1n) is 8.60. The van der Waals surface area contributed by atoms with Crippen molar-refractivity contribution in [3.63, 3.8) is 0 Å². The van der Waals surface area contributed by atoms with E-state index >= 15 is 0 Å². The molecule has 1 amide bonds. The summed E-state index contributed by atoms with van der Waals surface area (Å²) in [6, 6.07) is 8.87. The fourth-order valence-electron chi connectivity index (χ4n) is 3.09. The fraction of sp³-hybridized carbons (Fsp3) is 0.150. The zero-order chi connectivity index (χ0) is 19.8. The second-order valence-corrected chi connectivity index (χ2v) is 6.59. The molecule has 0 aliphatic carbocycles. The second kappa shape index (κ2) is 6.88. The average molecular weight is 382 g/mol. The molecule has 0 spiro atoms. The van der Waals surface area contributed by atoms with Crippen LogP contribution in [0.15, 0.2) is 47.5 Å². The summed E-state index contributed by atoms with van der Waals surface area (Å²) in [6.45, 7) is 1.58. The number of amides is 1. The maximum absolute atomic E-state index is 13.6. The van der Waals surface area contributed by atoms with Crippen molar-refractivity contribution in [1.82, 2.24) is 19.9 Å². The Bertz CT molecular complexity index is 1280. The van der Waals surface area contributed by atoms with Crippen LogP contribution in [0.4, 0.5) is 8.78 Å². The van der Waals surface area contributed by atoms with Gasteiger partial charge in [-0.1, -0.05) is 17.7 Å². The van der Waals surface area contributed by atoms with Gasteiger partial charge < -0.3 is 10.3 Å². The Balaban J connectivity index is 1.55. The number of benzene rings is 2. The number of nitrogens with zero attached hydrogens (tertiary/aromatic N) is 2. The summed E-state index contributed by atoms with van der Waals surface area (Å²) in [5.74, 6) is -1.92. The number of carbonyl (C=O) groups excluding carboxylic acids is 1. The Kier molecular flexibility index (Phi) is 4.38. The van der Waals surface area contributed by atoms with Crippen molar-refractivity contribution in [2.45, 2.75) is 20.0 Å². The standard InChI is InChI=1S/C20H16F2N4O2/c1-11-2-5-16-14(6-11)18-19(25-16)20(28)26(10-24-18)9-17(27)23-8-12-3-4-13(21)7-15(12)22/h2-7,10,25H,8-9H2,1H3,(H,23,27). The third-order valence-corrected chi connectivity index (χ3v) is 4.53. The van der Waals surface area contributed by atoms with E-state index in [-0.39, 0.29) is 24.2 Å². The van der Waals surface area contributed by atoms with E-state index in [1.165, 1.54) is 17.0 Å². The van der Waals surface area contributed by atoms with E-state index in [0.717, 1.165) is 28.6 Å². The van der Waals surface area contributed by atoms with Crippen molar-refractivity contribution in [3.8, 4) is 0 Å². The van der Waals surface area contributed by atoms with Crippen LogP contribution >= 0.6 is 0 Å². The van der Waals surface area contributed by atoms with Crippen molar-refractivity contribution in [3.05, 3.63) is 75.8 Å². The predicted molar refractivity (Wildman–Crippen MR) is 101 cm³/mol. The summed E-state index contributed by atoms with van der Waals surface area (Å²) >= 11 is 0. The van der Waals surface area contributed by atoms with Gasteiger partial charge in [-0.25, -0.2) is 13.8 Å². The number of hydrogen-bond donors (Lipinski definition) is 2. The number of nitrogens with one attached hydrogen (secondary N) is 2. The molecule has 0 saturated heterocycles. The lowest BCUT2D eigenvalue weighted by Gasteiger charge is -2.08. The summed E-state index contributed by atoms with van der Waals surface area (Å²) in [6.07, 6.45) is 1.32. The third kappa shape index (κ3) is 3.24. The fourth-order valence-corrected chi connectivity index (χ4v) is 3.09. The van der Waals surface area contributed by atoms with E-state index in [0.29, 0.717) is 11.0 Å². The van der Waals surface area contributed by atoms with Gasteiger partial charge in [0.05, 0.1) is 6.33 Å². The molecule has 2 aromatic carbocycles. The molecular weight excluding hydrogens is 366 g/mol.